The van der Waals surface area contributed by atoms with Gasteiger partial charge in [-0.25, -0.2) is 0 Å². The highest BCUT2D eigenvalue weighted by Crippen LogP contribution is 2.35. The Kier molecular flexibility index (Phi) is 3.82. The number of anilines is 1. The van der Waals surface area contributed by atoms with Crippen LogP contribution in [0.15, 0.2) is 22.8 Å². The number of phenols is 1. The van der Waals surface area contributed by atoms with Gasteiger partial charge in [-0.15, -0.1) is 0 Å². The van der Waals surface area contributed by atoms with E-state index in [2.05, 4.69) is 26.3 Å². The van der Waals surface area contributed by atoms with E-state index in [1.807, 2.05) is 0 Å². The number of aryl methyl sites for hydroxylation is 2. The smallest absolute Gasteiger partial charge is 0.259 e. The van der Waals surface area contributed by atoms with Crippen LogP contribution in [0.3, 0.4) is 0 Å². The molecule has 2 rings (SSSR count). The number of carbonyl (C=O) groups excluding carboxylic acids is 1. The molecule has 0 aliphatic heterocycles. The molecule has 1 heterocycles. The van der Waals surface area contributed by atoms with Crippen LogP contribution in [-0.4, -0.2) is 20.8 Å². The van der Waals surface area contributed by atoms with Crippen molar-refractivity contribution in [3.05, 3.63) is 39.1 Å². The lowest BCUT2D eigenvalue weighted by Gasteiger charge is -2.08. The number of hydrogen-bond donors (Lipinski definition) is 2. The molecule has 1 aromatic carbocycles. The van der Waals surface area contributed by atoms with E-state index in [0.29, 0.717) is 20.8 Å². The van der Waals surface area contributed by atoms with Crippen LogP contribution in [-0.2, 0) is 7.05 Å². The summed E-state index contributed by atoms with van der Waals surface area (Å²) in [6.07, 6.45) is 1.61. The number of nitrogens with one attached hydrogen (secondary N) is 1. The molecule has 7 heteroatoms. The molecule has 1 aromatic heterocycles. The van der Waals surface area contributed by atoms with Gasteiger partial charge < -0.3 is 10.4 Å². The number of halogens is 2. The number of aromatic nitrogens is 2. The fourth-order valence-electron chi connectivity index (χ4n) is 1.67. The zero-order chi connectivity index (χ0) is 14.2. The maximum Gasteiger partial charge on any atom is 0.259 e. The number of hydrogen-bond acceptors (Lipinski definition) is 3. The van der Waals surface area contributed by atoms with Gasteiger partial charge >= 0.3 is 0 Å². The second-order valence-electron chi connectivity index (χ2n) is 4.04. The minimum atomic E-state index is -0.352. The van der Waals surface area contributed by atoms with E-state index in [9.17, 15) is 9.90 Å². The Morgan fingerprint density at radius 2 is 2.21 bits per heavy atom. The molecule has 2 aromatic rings. The average Bonchev–Trinajstić information content (AvgIpc) is 2.64. The SMILES string of the molecule is Cc1nn(C)cc1C(=O)Nc1cc(Cl)cc(Br)c1O. The average molecular weight is 345 g/mol. The summed E-state index contributed by atoms with van der Waals surface area (Å²) in [5.74, 6) is -0.422. The van der Waals surface area contributed by atoms with E-state index in [4.69, 9.17) is 11.6 Å². The summed E-state index contributed by atoms with van der Waals surface area (Å²) in [6.45, 7) is 1.74. The second kappa shape index (κ2) is 5.22. The van der Waals surface area contributed by atoms with Crippen LogP contribution < -0.4 is 5.32 Å². The summed E-state index contributed by atoms with van der Waals surface area (Å²) in [7, 11) is 1.73. The lowest BCUT2D eigenvalue weighted by atomic mass is 10.2. The molecule has 0 aliphatic carbocycles. The first-order chi connectivity index (χ1) is 8.88. The van der Waals surface area contributed by atoms with Crippen LogP contribution in [0, 0.1) is 6.92 Å². The monoisotopic (exact) mass is 343 g/mol. The molecule has 0 unspecified atom stereocenters. The summed E-state index contributed by atoms with van der Waals surface area (Å²) in [5, 5.41) is 17.0. The molecule has 0 radical (unpaired) electrons. The molecule has 0 fully saturated rings. The van der Waals surface area contributed by atoms with Crippen molar-refractivity contribution in [2.24, 2.45) is 7.05 Å². The highest BCUT2D eigenvalue weighted by atomic mass is 79.9. The fourth-order valence-corrected chi connectivity index (χ4v) is 2.48. The van der Waals surface area contributed by atoms with Gasteiger partial charge in [0.05, 0.1) is 21.4 Å². The Hall–Kier alpha value is -1.53. The van der Waals surface area contributed by atoms with E-state index in [0.717, 1.165) is 0 Å². The molecule has 0 saturated carbocycles. The van der Waals surface area contributed by atoms with Gasteiger partial charge in [-0.3, -0.25) is 9.48 Å². The Balaban J connectivity index is 2.31. The van der Waals surface area contributed by atoms with Gasteiger partial charge in [-0.2, -0.15) is 5.10 Å². The molecule has 0 atom stereocenters. The Labute approximate surface area is 123 Å². The van der Waals surface area contributed by atoms with Crippen molar-refractivity contribution in [3.63, 3.8) is 0 Å². The van der Waals surface area contributed by atoms with Crippen LogP contribution in [0.1, 0.15) is 16.1 Å². The Morgan fingerprint density at radius 3 is 2.79 bits per heavy atom. The van der Waals surface area contributed by atoms with Crippen LogP contribution in [0.4, 0.5) is 5.69 Å². The molecule has 0 spiro atoms. The number of phenolic OH excluding ortho intramolecular Hbond substituents is 1. The van der Waals surface area contributed by atoms with Gasteiger partial charge in [0.2, 0.25) is 0 Å². The van der Waals surface area contributed by atoms with Crippen molar-refractivity contribution in [1.82, 2.24) is 9.78 Å². The van der Waals surface area contributed by atoms with E-state index >= 15 is 0 Å². The zero-order valence-electron chi connectivity index (χ0n) is 10.2. The number of carbonyl (C=O) groups is 1. The normalized spacial score (nSPS) is 10.5. The van der Waals surface area contributed by atoms with Gasteiger partial charge in [0.25, 0.3) is 5.91 Å². The number of nitrogens with zero attached hydrogens (tertiary/aromatic N) is 2. The lowest BCUT2D eigenvalue weighted by Crippen LogP contribution is -2.12. The number of amides is 1. The molecule has 100 valence electrons. The summed E-state index contributed by atoms with van der Waals surface area (Å²) in [4.78, 5) is 12.1. The molecule has 2 N–H and O–H groups in total. The van der Waals surface area contributed by atoms with Crippen LogP contribution in [0.25, 0.3) is 0 Å². The van der Waals surface area contributed by atoms with Crippen LogP contribution >= 0.6 is 27.5 Å². The van der Waals surface area contributed by atoms with Gasteiger partial charge in [0.1, 0.15) is 0 Å². The number of rotatable bonds is 2. The molecule has 1 amide bonds. The number of aromatic hydroxyl groups is 1. The second-order valence-corrected chi connectivity index (χ2v) is 5.33. The van der Waals surface area contributed by atoms with Crippen molar-refractivity contribution in [2.75, 3.05) is 5.32 Å². The summed E-state index contributed by atoms with van der Waals surface area (Å²) in [6, 6.07) is 3.02. The van der Waals surface area contributed by atoms with Crippen molar-refractivity contribution in [3.8, 4) is 5.75 Å². The highest BCUT2D eigenvalue weighted by molar-refractivity contribution is 9.10. The maximum atomic E-state index is 12.1. The molecule has 0 saturated heterocycles. The van der Waals surface area contributed by atoms with E-state index in [-0.39, 0.29) is 17.3 Å². The quantitative estimate of drug-likeness (QED) is 0.823. The number of benzene rings is 1. The van der Waals surface area contributed by atoms with E-state index in [1.54, 1.807) is 30.9 Å². The summed E-state index contributed by atoms with van der Waals surface area (Å²) in [5.41, 5.74) is 1.30. The van der Waals surface area contributed by atoms with E-state index in [1.165, 1.54) is 6.07 Å². The van der Waals surface area contributed by atoms with Crippen LogP contribution in [0.2, 0.25) is 5.02 Å². The molecule has 0 bridgehead atoms. The first-order valence-corrected chi connectivity index (χ1v) is 6.55. The van der Waals surface area contributed by atoms with Gasteiger partial charge in [0, 0.05) is 18.3 Å². The predicted molar refractivity (Wildman–Crippen MR) is 76.7 cm³/mol. The van der Waals surface area contributed by atoms with Crippen molar-refractivity contribution in [1.29, 1.82) is 0 Å². The molecule has 5 nitrogen and oxygen atoms in total. The largest absolute Gasteiger partial charge is 0.505 e. The maximum absolute atomic E-state index is 12.1. The Morgan fingerprint density at radius 1 is 1.53 bits per heavy atom. The first kappa shape index (κ1) is 13.9. The van der Waals surface area contributed by atoms with Gasteiger partial charge in [0.15, 0.2) is 5.75 Å². The zero-order valence-corrected chi connectivity index (χ0v) is 12.6. The molecule has 0 aliphatic rings. The van der Waals surface area contributed by atoms with E-state index < -0.39 is 0 Å². The summed E-state index contributed by atoms with van der Waals surface area (Å²) >= 11 is 9.04. The van der Waals surface area contributed by atoms with Gasteiger partial charge in [-0.1, -0.05) is 11.6 Å². The van der Waals surface area contributed by atoms with Gasteiger partial charge in [-0.05, 0) is 35.0 Å². The highest BCUT2D eigenvalue weighted by Gasteiger charge is 2.15. The predicted octanol–water partition coefficient (Wildman–Crippen LogP) is 3.10. The molecular formula is C12H11BrClN3O2. The lowest BCUT2D eigenvalue weighted by molar-refractivity contribution is 0.102. The van der Waals surface area contributed by atoms with Crippen molar-refractivity contribution >= 4 is 39.1 Å². The minimum Gasteiger partial charge on any atom is -0.505 e. The van der Waals surface area contributed by atoms with Crippen molar-refractivity contribution in [2.45, 2.75) is 6.92 Å². The third kappa shape index (κ3) is 2.90. The van der Waals surface area contributed by atoms with Crippen LogP contribution in [0.5, 0.6) is 5.75 Å². The fraction of sp³-hybridized carbons (Fsp3) is 0.167. The topological polar surface area (TPSA) is 67.2 Å². The first-order valence-electron chi connectivity index (χ1n) is 5.38. The summed E-state index contributed by atoms with van der Waals surface area (Å²) < 4.78 is 1.97. The third-order valence-electron chi connectivity index (χ3n) is 2.53. The molecular weight excluding hydrogens is 334 g/mol. The Bertz CT molecular complexity index is 655. The third-order valence-corrected chi connectivity index (χ3v) is 3.36. The molecule has 19 heavy (non-hydrogen) atoms. The minimum absolute atomic E-state index is 0.0701. The van der Waals surface area contributed by atoms with Crippen molar-refractivity contribution < 1.29 is 9.90 Å². The standard InChI is InChI=1S/C12H11BrClN3O2/c1-6-8(5-17(2)16-6)12(19)15-10-4-7(14)3-9(13)11(10)18/h3-5,18H,1-2H3,(H,15,19).